The Morgan fingerprint density at radius 1 is 1.10 bits per heavy atom. The maximum atomic E-state index is 13.5. The summed E-state index contributed by atoms with van der Waals surface area (Å²) in [4.78, 5) is 19.2. The summed E-state index contributed by atoms with van der Waals surface area (Å²) in [5.41, 5.74) is 4.79. The Bertz CT molecular complexity index is 1080. The Labute approximate surface area is 167 Å². The number of halogens is 3. The van der Waals surface area contributed by atoms with Crippen LogP contribution in [0.2, 0.25) is 0 Å². The van der Waals surface area contributed by atoms with Crippen LogP contribution in [0, 0.1) is 0 Å². The quantitative estimate of drug-likeness (QED) is 0.592. The van der Waals surface area contributed by atoms with Crippen LogP contribution in [0.1, 0.15) is 5.56 Å². The number of carbonyl (C=O) groups is 1. The number of aromatic nitrogens is 2. The summed E-state index contributed by atoms with van der Waals surface area (Å²) in [7, 11) is 2.91. The first-order chi connectivity index (χ1) is 13.7. The van der Waals surface area contributed by atoms with E-state index in [1.54, 1.807) is 12.1 Å². The van der Waals surface area contributed by atoms with Crippen molar-refractivity contribution >= 4 is 34.4 Å². The molecule has 0 atom stereocenters. The SMILES string of the molecule is COc1cc2ncnc(Sc3cc(NC(N)=O)ccc3C(F)(F)F)c2cc1OC. The highest BCUT2D eigenvalue weighted by atomic mass is 32.2. The van der Waals surface area contributed by atoms with Crippen LogP contribution in [0.4, 0.5) is 23.7 Å². The van der Waals surface area contributed by atoms with E-state index in [2.05, 4.69) is 15.3 Å². The number of hydrogen-bond acceptors (Lipinski definition) is 6. The van der Waals surface area contributed by atoms with E-state index in [9.17, 15) is 18.0 Å². The van der Waals surface area contributed by atoms with E-state index in [1.807, 2.05) is 0 Å². The van der Waals surface area contributed by atoms with Gasteiger partial charge in [0.15, 0.2) is 11.5 Å². The maximum absolute atomic E-state index is 13.5. The zero-order valence-electron chi connectivity index (χ0n) is 15.2. The first-order valence-corrected chi connectivity index (χ1v) is 8.87. The number of nitrogens with zero attached hydrogens (tertiary/aromatic N) is 2. The van der Waals surface area contributed by atoms with Gasteiger partial charge < -0.3 is 20.5 Å². The fraction of sp³-hybridized carbons (Fsp3) is 0.167. The van der Waals surface area contributed by atoms with Gasteiger partial charge in [-0.15, -0.1) is 0 Å². The van der Waals surface area contributed by atoms with Crippen molar-refractivity contribution in [2.75, 3.05) is 19.5 Å². The first kappa shape index (κ1) is 20.5. The molecule has 0 saturated heterocycles. The van der Waals surface area contributed by atoms with Gasteiger partial charge >= 0.3 is 12.2 Å². The first-order valence-electron chi connectivity index (χ1n) is 8.05. The topological polar surface area (TPSA) is 99.4 Å². The van der Waals surface area contributed by atoms with Crippen molar-refractivity contribution in [3.05, 3.63) is 42.2 Å². The van der Waals surface area contributed by atoms with Crippen molar-refractivity contribution < 1.29 is 27.4 Å². The molecule has 3 N–H and O–H groups in total. The maximum Gasteiger partial charge on any atom is 0.417 e. The lowest BCUT2D eigenvalue weighted by Crippen LogP contribution is -2.19. The molecule has 0 aliphatic rings. The second kappa shape index (κ2) is 8.03. The fourth-order valence-electron chi connectivity index (χ4n) is 2.61. The molecule has 0 unspecified atom stereocenters. The molecule has 0 fully saturated rings. The number of nitrogens with two attached hydrogens (primary N) is 1. The molecular weight excluding hydrogens is 409 g/mol. The second-order valence-electron chi connectivity index (χ2n) is 5.70. The second-order valence-corrected chi connectivity index (χ2v) is 6.73. The lowest BCUT2D eigenvalue weighted by atomic mass is 10.2. The number of primary amides is 1. The van der Waals surface area contributed by atoms with E-state index >= 15 is 0 Å². The van der Waals surface area contributed by atoms with Crippen molar-refractivity contribution in [2.45, 2.75) is 16.1 Å². The molecule has 152 valence electrons. The minimum Gasteiger partial charge on any atom is -0.493 e. The molecule has 0 spiro atoms. The average molecular weight is 424 g/mol. The van der Waals surface area contributed by atoms with Crippen molar-refractivity contribution in [3.63, 3.8) is 0 Å². The number of amides is 2. The van der Waals surface area contributed by atoms with Crippen molar-refractivity contribution in [1.29, 1.82) is 0 Å². The lowest BCUT2D eigenvalue weighted by Gasteiger charge is -2.15. The van der Waals surface area contributed by atoms with E-state index < -0.39 is 17.8 Å². The molecule has 0 radical (unpaired) electrons. The Balaban J connectivity index is 2.13. The van der Waals surface area contributed by atoms with Crippen LogP contribution in [-0.2, 0) is 6.18 Å². The molecule has 0 aliphatic heterocycles. The summed E-state index contributed by atoms with van der Waals surface area (Å²) in [6, 6.07) is 5.51. The van der Waals surface area contributed by atoms with Gasteiger partial charge in [-0.2, -0.15) is 13.2 Å². The standard InChI is InChI=1S/C18H15F3N4O3S/c1-27-13-6-10-12(7-14(13)28-2)23-8-24-16(10)29-15-5-9(25-17(22)26)3-4-11(15)18(19,20)21/h3-8H,1-2H3,(H3,22,25,26). The number of fused-ring (bicyclic) bond motifs is 1. The molecule has 3 aromatic rings. The Kier molecular flexibility index (Phi) is 5.69. The third kappa shape index (κ3) is 4.45. The molecule has 1 aromatic heterocycles. The van der Waals surface area contributed by atoms with E-state index in [4.69, 9.17) is 15.2 Å². The van der Waals surface area contributed by atoms with Crippen LogP contribution in [-0.4, -0.2) is 30.2 Å². The summed E-state index contributed by atoms with van der Waals surface area (Å²) in [6.45, 7) is 0. The van der Waals surface area contributed by atoms with Gasteiger partial charge in [-0.1, -0.05) is 11.8 Å². The molecule has 1 heterocycles. The van der Waals surface area contributed by atoms with Crippen LogP contribution in [0.15, 0.2) is 46.6 Å². The molecule has 2 amide bonds. The van der Waals surface area contributed by atoms with E-state index in [-0.39, 0.29) is 15.6 Å². The van der Waals surface area contributed by atoms with Gasteiger partial charge in [0.25, 0.3) is 0 Å². The van der Waals surface area contributed by atoms with Crippen LogP contribution in [0.3, 0.4) is 0 Å². The predicted molar refractivity (Wildman–Crippen MR) is 101 cm³/mol. The number of hydrogen-bond donors (Lipinski definition) is 2. The van der Waals surface area contributed by atoms with Crippen molar-refractivity contribution in [2.24, 2.45) is 5.73 Å². The Morgan fingerprint density at radius 3 is 2.41 bits per heavy atom. The number of urea groups is 1. The molecule has 0 saturated carbocycles. The van der Waals surface area contributed by atoms with E-state index in [0.717, 1.165) is 23.9 Å². The molecule has 0 bridgehead atoms. The summed E-state index contributed by atoms with van der Waals surface area (Å²) in [6.07, 6.45) is -3.35. The molecule has 11 heteroatoms. The third-order valence-corrected chi connectivity index (χ3v) is 4.94. The number of anilines is 1. The van der Waals surface area contributed by atoms with Gasteiger partial charge in [-0.3, -0.25) is 0 Å². The van der Waals surface area contributed by atoms with Crippen LogP contribution in [0.25, 0.3) is 10.9 Å². The highest BCUT2D eigenvalue weighted by molar-refractivity contribution is 7.99. The van der Waals surface area contributed by atoms with Crippen molar-refractivity contribution in [3.8, 4) is 11.5 Å². The highest BCUT2D eigenvalue weighted by Crippen LogP contribution is 2.43. The summed E-state index contributed by atoms with van der Waals surface area (Å²) in [5, 5.41) is 3.03. The number of ether oxygens (including phenoxy) is 2. The van der Waals surface area contributed by atoms with E-state index in [1.165, 1.54) is 26.6 Å². The van der Waals surface area contributed by atoms with Crippen LogP contribution >= 0.6 is 11.8 Å². The summed E-state index contributed by atoms with van der Waals surface area (Å²) < 4.78 is 50.9. The van der Waals surface area contributed by atoms with Crippen molar-refractivity contribution in [1.82, 2.24) is 9.97 Å². The summed E-state index contributed by atoms with van der Waals surface area (Å²) >= 11 is 0.785. The number of alkyl halides is 3. The zero-order valence-corrected chi connectivity index (χ0v) is 16.0. The monoisotopic (exact) mass is 424 g/mol. The minimum absolute atomic E-state index is 0.130. The predicted octanol–water partition coefficient (Wildman–Crippen LogP) is 4.31. The smallest absolute Gasteiger partial charge is 0.417 e. The fourth-order valence-corrected chi connectivity index (χ4v) is 3.67. The number of benzene rings is 2. The average Bonchev–Trinajstić information content (AvgIpc) is 2.66. The number of methoxy groups -OCH3 is 2. The number of rotatable bonds is 5. The Hall–Kier alpha value is -3.21. The minimum atomic E-state index is -4.60. The van der Waals surface area contributed by atoms with Gasteiger partial charge in [0, 0.05) is 22.0 Å². The molecule has 0 aliphatic carbocycles. The molecule has 2 aromatic carbocycles. The summed E-state index contributed by atoms with van der Waals surface area (Å²) in [5.74, 6) is 0.815. The third-order valence-electron chi connectivity index (χ3n) is 3.87. The van der Waals surface area contributed by atoms with Gasteiger partial charge in [0.05, 0.1) is 25.3 Å². The van der Waals surface area contributed by atoms with Gasteiger partial charge in [-0.05, 0) is 24.3 Å². The van der Waals surface area contributed by atoms with Gasteiger partial charge in [0.2, 0.25) is 0 Å². The zero-order chi connectivity index (χ0) is 21.2. The molecule has 7 nitrogen and oxygen atoms in total. The van der Waals surface area contributed by atoms with Gasteiger partial charge in [-0.25, -0.2) is 14.8 Å². The highest BCUT2D eigenvalue weighted by Gasteiger charge is 2.34. The molecule has 3 rings (SSSR count). The Morgan fingerprint density at radius 2 is 1.79 bits per heavy atom. The van der Waals surface area contributed by atoms with Crippen LogP contribution < -0.4 is 20.5 Å². The number of carbonyl (C=O) groups excluding carboxylic acids is 1. The largest absolute Gasteiger partial charge is 0.493 e. The van der Waals surface area contributed by atoms with Crippen LogP contribution in [0.5, 0.6) is 11.5 Å². The number of nitrogens with one attached hydrogen (secondary N) is 1. The van der Waals surface area contributed by atoms with Gasteiger partial charge in [0.1, 0.15) is 11.4 Å². The normalized spacial score (nSPS) is 11.3. The lowest BCUT2D eigenvalue weighted by molar-refractivity contribution is -0.139. The molecular formula is C18H15F3N4O3S. The van der Waals surface area contributed by atoms with E-state index in [0.29, 0.717) is 22.4 Å². The molecule has 29 heavy (non-hydrogen) atoms.